The van der Waals surface area contributed by atoms with E-state index in [0.29, 0.717) is 26.1 Å². The maximum absolute atomic E-state index is 12.4. The van der Waals surface area contributed by atoms with Crippen LogP contribution in [0.15, 0.2) is 30.3 Å². The van der Waals surface area contributed by atoms with Gasteiger partial charge in [0.2, 0.25) is 5.91 Å². The highest BCUT2D eigenvalue weighted by molar-refractivity contribution is 5.77. The fraction of sp³-hybridized carbons (Fsp3) is 0.704. The van der Waals surface area contributed by atoms with Crippen molar-refractivity contribution in [3.05, 3.63) is 35.9 Å². The molecule has 1 heterocycles. The van der Waals surface area contributed by atoms with E-state index in [2.05, 4.69) is 19.1 Å². The first kappa shape index (κ1) is 25.4. The number of esters is 1. The van der Waals surface area contributed by atoms with Crippen LogP contribution < -0.4 is 0 Å². The van der Waals surface area contributed by atoms with Crippen LogP contribution in [0.2, 0.25) is 0 Å². The Kier molecular flexibility index (Phi) is 13.0. The van der Waals surface area contributed by atoms with Crippen LogP contribution in [0, 0.1) is 5.92 Å². The van der Waals surface area contributed by atoms with Crippen LogP contribution in [0.5, 0.6) is 0 Å². The quantitative estimate of drug-likeness (QED) is 0.242. The topological polar surface area (TPSA) is 46.6 Å². The average molecular weight is 430 g/mol. The van der Waals surface area contributed by atoms with Crippen LogP contribution in [0.1, 0.15) is 96.0 Å². The highest BCUT2D eigenvalue weighted by atomic mass is 16.5. The first-order valence-electron chi connectivity index (χ1n) is 12.7. The molecule has 1 fully saturated rings. The van der Waals surface area contributed by atoms with Gasteiger partial charge in [0.15, 0.2) is 0 Å². The summed E-state index contributed by atoms with van der Waals surface area (Å²) in [7, 11) is 0. The lowest BCUT2D eigenvalue weighted by molar-refractivity contribution is -0.151. The summed E-state index contributed by atoms with van der Waals surface area (Å²) in [6.07, 6.45) is 15.6. The molecule has 0 unspecified atom stereocenters. The molecular weight excluding hydrogens is 386 g/mol. The van der Waals surface area contributed by atoms with E-state index in [1.54, 1.807) is 0 Å². The second-order valence-electron chi connectivity index (χ2n) is 8.99. The highest BCUT2D eigenvalue weighted by Gasteiger charge is 2.28. The summed E-state index contributed by atoms with van der Waals surface area (Å²) in [6, 6.07) is 10.1. The van der Waals surface area contributed by atoms with Crippen molar-refractivity contribution in [2.45, 2.75) is 96.8 Å². The van der Waals surface area contributed by atoms with E-state index in [0.717, 1.165) is 32.1 Å². The third-order valence-electron chi connectivity index (χ3n) is 6.39. The Morgan fingerprint density at radius 2 is 1.45 bits per heavy atom. The minimum atomic E-state index is -0.0627. The maximum atomic E-state index is 12.4. The van der Waals surface area contributed by atoms with Gasteiger partial charge in [-0.1, -0.05) is 95.0 Å². The van der Waals surface area contributed by atoms with Gasteiger partial charge in [-0.3, -0.25) is 9.59 Å². The molecule has 0 bridgehead atoms. The number of carbonyl (C=O) groups is 2. The first-order chi connectivity index (χ1) is 15.2. The van der Waals surface area contributed by atoms with Crippen molar-refractivity contribution in [3.63, 3.8) is 0 Å². The predicted octanol–water partition coefficient (Wildman–Crippen LogP) is 6.32. The third-order valence-corrected chi connectivity index (χ3v) is 6.39. The molecule has 1 saturated heterocycles. The lowest BCUT2D eigenvalue weighted by atomic mass is 9.96. The van der Waals surface area contributed by atoms with Gasteiger partial charge in [-0.2, -0.15) is 0 Å². The minimum Gasteiger partial charge on any atom is -0.465 e. The van der Waals surface area contributed by atoms with Gasteiger partial charge in [0, 0.05) is 19.5 Å². The van der Waals surface area contributed by atoms with Crippen LogP contribution in [-0.2, 0) is 20.7 Å². The number of piperidine rings is 1. The van der Waals surface area contributed by atoms with Crippen LogP contribution in [0.3, 0.4) is 0 Å². The van der Waals surface area contributed by atoms with E-state index in [1.165, 1.54) is 56.9 Å². The van der Waals surface area contributed by atoms with Gasteiger partial charge in [0.25, 0.3) is 0 Å². The normalized spacial score (nSPS) is 14.5. The zero-order valence-electron chi connectivity index (χ0n) is 19.7. The number of unbranched alkanes of at least 4 members (excludes halogenated alkanes) is 9. The number of likely N-dealkylation sites (tertiary alicyclic amines) is 1. The zero-order chi connectivity index (χ0) is 22.2. The molecule has 0 spiro atoms. The molecule has 0 radical (unpaired) electrons. The number of rotatable bonds is 15. The van der Waals surface area contributed by atoms with E-state index in [1.807, 2.05) is 23.1 Å². The smallest absolute Gasteiger partial charge is 0.309 e. The lowest BCUT2D eigenvalue weighted by Gasteiger charge is -2.31. The maximum Gasteiger partial charge on any atom is 0.309 e. The minimum absolute atomic E-state index is 0.0405. The number of carbonyl (C=O) groups excluding carboxylic acids is 2. The molecule has 1 amide bonds. The Morgan fingerprint density at radius 1 is 0.871 bits per heavy atom. The molecule has 0 saturated carbocycles. The van der Waals surface area contributed by atoms with Gasteiger partial charge in [0.1, 0.15) is 0 Å². The number of aryl methyl sites for hydroxylation is 1. The second-order valence-corrected chi connectivity index (χ2v) is 8.99. The zero-order valence-corrected chi connectivity index (χ0v) is 19.7. The second kappa shape index (κ2) is 15.9. The lowest BCUT2D eigenvalue weighted by Crippen LogP contribution is -2.40. The molecule has 1 aromatic carbocycles. The Balaban J connectivity index is 1.47. The van der Waals surface area contributed by atoms with Crippen molar-refractivity contribution in [2.24, 2.45) is 5.92 Å². The molecule has 0 atom stereocenters. The number of nitrogens with zero attached hydrogens (tertiary/aromatic N) is 1. The Hall–Kier alpha value is -1.84. The van der Waals surface area contributed by atoms with Crippen molar-refractivity contribution in [2.75, 3.05) is 19.7 Å². The first-order valence-corrected chi connectivity index (χ1v) is 12.7. The monoisotopic (exact) mass is 429 g/mol. The average Bonchev–Trinajstić information content (AvgIpc) is 2.81. The van der Waals surface area contributed by atoms with E-state index in [4.69, 9.17) is 4.74 Å². The highest BCUT2D eigenvalue weighted by Crippen LogP contribution is 2.20. The molecular formula is C27H43NO3. The molecule has 4 nitrogen and oxygen atoms in total. The van der Waals surface area contributed by atoms with Gasteiger partial charge < -0.3 is 9.64 Å². The van der Waals surface area contributed by atoms with Gasteiger partial charge in [-0.05, 0) is 31.2 Å². The fourth-order valence-corrected chi connectivity index (χ4v) is 4.30. The van der Waals surface area contributed by atoms with E-state index in [9.17, 15) is 9.59 Å². The SMILES string of the molecule is CCCCCCCCCCCCOC(=O)C1CCN(C(=O)CCc2ccccc2)CC1. The summed E-state index contributed by atoms with van der Waals surface area (Å²) in [5.74, 6) is 0.0923. The molecule has 31 heavy (non-hydrogen) atoms. The number of hydrogen-bond acceptors (Lipinski definition) is 3. The summed E-state index contributed by atoms with van der Waals surface area (Å²) in [6.45, 7) is 4.15. The largest absolute Gasteiger partial charge is 0.465 e. The van der Waals surface area contributed by atoms with Crippen molar-refractivity contribution in [1.82, 2.24) is 4.90 Å². The van der Waals surface area contributed by atoms with Crippen molar-refractivity contribution >= 4 is 11.9 Å². The Bertz CT molecular complexity index is 608. The fourth-order valence-electron chi connectivity index (χ4n) is 4.30. The molecule has 174 valence electrons. The molecule has 1 aliphatic heterocycles. The van der Waals surface area contributed by atoms with E-state index >= 15 is 0 Å². The molecule has 0 N–H and O–H groups in total. The summed E-state index contributed by atoms with van der Waals surface area (Å²) < 4.78 is 5.51. The predicted molar refractivity (Wildman–Crippen MR) is 127 cm³/mol. The van der Waals surface area contributed by atoms with Crippen LogP contribution in [0.25, 0.3) is 0 Å². The summed E-state index contributed by atoms with van der Waals surface area (Å²) in [5.41, 5.74) is 1.20. The van der Waals surface area contributed by atoms with Crippen LogP contribution in [0.4, 0.5) is 0 Å². The molecule has 1 aliphatic rings. The number of ether oxygens (including phenoxy) is 1. The third kappa shape index (κ3) is 10.8. The van der Waals surface area contributed by atoms with Gasteiger partial charge in [-0.25, -0.2) is 0 Å². The number of hydrogen-bond donors (Lipinski definition) is 0. The summed E-state index contributed by atoms with van der Waals surface area (Å²) in [5, 5.41) is 0. The molecule has 1 aromatic rings. The van der Waals surface area contributed by atoms with E-state index in [-0.39, 0.29) is 17.8 Å². The Labute approximate surface area is 189 Å². The van der Waals surface area contributed by atoms with Gasteiger partial charge in [0.05, 0.1) is 12.5 Å². The van der Waals surface area contributed by atoms with Gasteiger partial charge in [-0.15, -0.1) is 0 Å². The van der Waals surface area contributed by atoms with Crippen molar-refractivity contribution in [1.29, 1.82) is 0 Å². The standard InChI is InChI=1S/C27H43NO3/c1-2-3-4-5-6-7-8-9-10-14-23-31-27(30)25-19-21-28(22-20-25)26(29)18-17-24-15-12-11-13-16-24/h11-13,15-16,25H,2-10,14,17-23H2,1H3. The molecule has 0 aromatic heterocycles. The summed E-state index contributed by atoms with van der Waals surface area (Å²) >= 11 is 0. The van der Waals surface area contributed by atoms with Crippen LogP contribution >= 0.6 is 0 Å². The summed E-state index contributed by atoms with van der Waals surface area (Å²) in [4.78, 5) is 26.7. The number of amides is 1. The van der Waals surface area contributed by atoms with E-state index < -0.39 is 0 Å². The van der Waals surface area contributed by atoms with Crippen molar-refractivity contribution < 1.29 is 14.3 Å². The molecule has 2 rings (SSSR count). The molecule has 4 heteroatoms. The Morgan fingerprint density at radius 3 is 2.06 bits per heavy atom. The van der Waals surface area contributed by atoms with Crippen molar-refractivity contribution in [3.8, 4) is 0 Å². The van der Waals surface area contributed by atoms with Crippen LogP contribution in [-0.4, -0.2) is 36.5 Å². The van der Waals surface area contributed by atoms with Gasteiger partial charge >= 0.3 is 5.97 Å². The number of benzene rings is 1. The molecule has 0 aliphatic carbocycles.